The molecule has 26 heavy (non-hydrogen) atoms. The molecule has 2 aliphatic rings. The number of aliphatic hydroxyl groups is 2. The molecule has 3 N–H and O–H groups in total. The minimum atomic E-state index is -1.21. The molecule has 0 aromatic heterocycles. The Hall–Kier alpha value is -1.47. The predicted octanol–water partition coefficient (Wildman–Crippen LogP) is 1.39. The van der Waals surface area contributed by atoms with Crippen molar-refractivity contribution >= 4 is 5.91 Å². The molecule has 6 nitrogen and oxygen atoms in total. The van der Waals surface area contributed by atoms with Crippen LogP contribution in [0.2, 0.25) is 0 Å². The zero-order valence-corrected chi connectivity index (χ0v) is 15.3. The second-order valence-corrected chi connectivity index (χ2v) is 7.41. The lowest BCUT2D eigenvalue weighted by molar-refractivity contribution is -0.198. The van der Waals surface area contributed by atoms with E-state index in [0.29, 0.717) is 19.1 Å². The van der Waals surface area contributed by atoms with Crippen molar-refractivity contribution in [1.29, 1.82) is 0 Å². The summed E-state index contributed by atoms with van der Waals surface area (Å²) in [5.74, 6) is 0.271. The lowest BCUT2D eigenvalue weighted by atomic mass is 9.78. The Morgan fingerprint density at radius 1 is 1.23 bits per heavy atom. The van der Waals surface area contributed by atoms with Crippen LogP contribution in [0, 0.1) is 5.92 Å². The highest BCUT2D eigenvalue weighted by Crippen LogP contribution is 2.37. The van der Waals surface area contributed by atoms with Gasteiger partial charge in [0, 0.05) is 26.0 Å². The Balaban J connectivity index is 1.75. The fourth-order valence-corrected chi connectivity index (χ4v) is 3.42. The topological polar surface area (TPSA) is 88.0 Å². The molecule has 0 heterocycles. The van der Waals surface area contributed by atoms with Crippen LogP contribution in [0.5, 0.6) is 0 Å². The molecule has 3 rings (SSSR count). The van der Waals surface area contributed by atoms with Gasteiger partial charge in [-0.2, -0.15) is 0 Å². The molecule has 0 saturated heterocycles. The fourth-order valence-electron chi connectivity index (χ4n) is 3.42. The van der Waals surface area contributed by atoms with Gasteiger partial charge in [-0.15, -0.1) is 0 Å². The summed E-state index contributed by atoms with van der Waals surface area (Å²) in [6.45, 7) is 3.13. The maximum atomic E-state index is 12.8. The minimum absolute atomic E-state index is 0.0517. The van der Waals surface area contributed by atoms with Crippen LogP contribution in [0.1, 0.15) is 38.2 Å². The Morgan fingerprint density at radius 3 is 2.62 bits per heavy atom. The number of carbonyl (C=O) groups excluding carboxylic acids is 1. The van der Waals surface area contributed by atoms with Gasteiger partial charge in [0.1, 0.15) is 6.10 Å². The fraction of sp³-hybridized carbons (Fsp3) is 0.650. The summed E-state index contributed by atoms with van der Waals surface area (Å²) in [4.78, 5) is 12.8. The molecule has 1 amide bonds. The van der Waals surface area contributed by atoms with Crippen LogP contribution in [0.15, 0.2) is 30.3 Å². The smallest absolute Gasteiger partial charge is 0.252 e. The summed E-state index contributed by atoms with van der Waals surface area (Å²) in [6, 6.07) is 9.61. The van der Waals surface area contributed by atoms with Gasteiger partial charge in [0.05, 0.1) is 18.8 Å². The number of amides is 1. The van der Waals surface area contributed by atoms with E-state index in [4.69, 9.17) is 9.47 Å². The molecule has 0 aliphatic heterocycles. The van der Waals surface area contributed by atoms with Gasteiger partial charge in [-0.1, -0.05) is 30.3 Å². The van der Waals surface area contributed by atoms with E-state index >= 15 is 0 Å². The van der Waals surface area contributed by atoms with E-state index in [-0.39, 0.29) is 25.4 Å². The van der Waals surface area contributed by atoms with Gasteiger partial charge >= 0.3 is 0 Å². The summed E-state index contributed by atoms with van der Waals surface area (Å²) >= 11 is 0. The van der Waals surface area contributed by atoms with Crippen molar-refractivity contribution in [2.45, 2.75) is 63.1 Å². The number of likely N-dealkylation sites (N-methyl/N-ethyl adjacent to an activating group) is 1. The largest absolute Gasteiger partial charge is 0.390 e. The molecule has 144 valence electrons. The molecule has 2 fully saturated rings. The number of nitrogens with one attached hydrogen (secondary N) is 1. The first-order valence-corrected chi connectivity index (χ1v) is 9.48. The average molecular weight is 363 g/mol. The number of carbonyl (C=O) groups is 1. The van der Waals surface area contributed by atoms with Crippen molar-refractivity contribution in [3.63, 3.8) is 0 Å². The first kappa shape index (κ1) is 19.3. The van der Waals surface area contributed by atoms with Crippen LogP contribution in [0.25, 0.3) is 0 Å². The number of benzene rings is 1. The Bertz CT molecular complexity index is 591. The molecule has 2 aliphatic carbocycles. The Morgan fingerprint density at radius 2 is 1.96 bits per heavy atom. The van der Waals surface area contributed by atoms with Gasteiger partial charge in [-0.25, -0.2) is 0 Å². The maximum Gasteiger partial charge on any atom is 0.252 e. The van der Waals surface area contributed by atoms with Gasteiger partial charge in [-0.05, 0) is 31.2 Å². The lowest BCUT2D eigenvalue weighted by Gasteiger charge is -2.43. The van der Waals surface area contributed by atoms with Crippen molar-refractivity contribution in [1.82, 2.24) is 5.32 Å². The van der Waals surface area contributed by atoms with Gasteiger partial charge in [0.2, 0.25) is 0 Å². The summed E-state index contributed by atoms with van der Waals surface area (Å²) in [5.41, 5.74) is -0.258. The van der Waals surface area contributed by atoms with E-state index in [1.54, 1.807) is 0 Å². The Kier molecular flexibility index (Phi) is 6.29. The van der Waals surface area contributed by atoms with Crippen LogP contribution < -0.4 is 5.32 Å². The molecule has 1 unspecified atom stereocenters. The third-order valence-electron chi connectivity index (χ3n) is 5.20. The third kappa shape index (κ3) is 4.62. The van der Waals surface area contributed by atoms with Crippen molar-refractivity contribution in [2.75, 3.05) is 13.2 Å². The second-order valence-electron chi connectivity index (χ2n) is 7.41. The molecule has 0 bridgehead atoms. The van der Waals surface area contributed by atoms with Gasteiger partial charge in [-0.3, -0.25) is 4.79 Å². The Labute approximate surface area is 154 Å². The van der Waals surface area contributed by atoms with Gasteiger partial charge in [0.25, 0.3) is 5.91 Å². The lowest BCUT2D eigenvalue weighted by Crippen LogP contribution is -2.60. The second kappa shape index (κ2) is 8.48. The zero-order valence-electron chi connectivity index (χ0n) is 15.3. The molecule has 0 spiro atoms. The van der Waals surface area contributed by atoms with Crippen molar-refractivity contribution in [3.05, 3.63) is 35.9 Å². The number of hydrogen-bond donors (Lipinski definition) is 3. The highest BCUT2D eigenvalue weighted by atomic mass is 16.5. The normalized spacial score (nSPS) is 31.6. The first-order valence-electron chi connectivity index (χ1n) is 9.48. The van der Waals surface area contributed by atoms with Gasteiger partial charge < -0.3 is 25.0 Å². The number of aliphatic hydroxyl groups excluding tert-OH is 2. The maximum absolute atomic E-state index is 12.8. The first-order chi connectivity index (χ1) is 12.5. The van der Waals surface area contributed by atoms with Crippen molar-refractivity contribution < 1.29 is 24.5 Å². The highest BCUT2D eigenvalue weighted by Gasteiger charge is 2.51. The SMILES string of the molecule is CCNC(=O)[C@@]1(OCc2ccccc2)CC(OCC2CC2)[C@H](O)[C@H](O)C1. The summed E-state index contributed by atoms with van der Waals surface area (Å²) in [6.07, 6.45) is -0.123. The van der Waals surface area contributed by atoms with E-state index in [1.165, 1.54) is 0 Å². The monoisotopic (exact) mass is 363 g/mol. The molecule has 4 atom stereocenters. The van der Waals surface area contributed by atoms with Crippen LogP contribution in [0.3, 0.4) is 0 Å². The molecular formula is C20H29NO5. The van der Waals surface area contributed by atoms with Crippen LogP contribution in [0.4, 0.5) is 0 Å². The quantitative estimate of drug-likeness (QED) is 0.650. The van der Waals surface area contributed by atoms with Crippen molar-refractivity contribution in [3.8, 4) is 0 Å². The van der Waals surface area contributed by atoms with Crippen LogP contribution in [-0.4, -0.2) is 53.2 Å². The molecular weight excluding hydrogens is 334 g/mol. The van der Waals surface area contributed by atoms with Crippen LogP contribution in [-0.2, 0) is 20.9 Å². The summed E-state index contributed by atoms with van der Waals surface area (Å²) in [5, 5.41) is 23.5. The standard InChI is InChI=1S/C20H29NO5/c1-2-21-19(24)20(26-13-14-6-4-3-5-7-14)10-16(22)18(23)17(11-20)25-12-15-8-9-15/h3-7,15-18,22-23H,2,8-13H2,1H3,(H,21,24)/t16-,17?,18-,20+/m1/s1. The third-order valence-corrected chi connectivity index (χ3v) is 5.20. The number of hydrogen-bond acceptors (Lipinski definition) is 5. The van der Waals surface area contributed by atoms with E-state index in [9.17, 15) is 15.0 Å². The predicted molar refractivity (Wildman–Crippen MR) is 96.4 cm³/mol. The van der Waals surface area contributed by atoms with Crippen LogP contribution >= 0.6 is 0 Å². The number of rotatable bonds is 8. The average Bonchev–Trinajstić information content (AvgIpc) is 3.47. The van der Waals surface area contributed by atoms with Gasteiger partial charge in [0.15, 0.2) is 5.60 Å². The van der Waals surface area contributed by atoms with Crippen molar-refractivity contribution in [2.24, 2.45) is 5.92 Å². The molecule has 2 saturated carbocycles. The summed E-state index contributed by atoms with van der Waals surface area (Å²) < 4.78 is 11.9. The molecule has 1 aromatic carbocycles. The summed E-state index contributed by atoms with van der Waals surface area (Å²) in [7, 11) is 0. The molecule has 1 aromatic rings. The van der Waals surface area contributed by atoms with E-state index < -0.39 is 23.9 Å². The zero-order chi connectivity index (χ0) is 18.6. The van der Waals surface area contributed by atoms with E-state index in [1.807, 2.05) is 37.3 Å². The molecule has 6 heteroatoms. The number of ether oxygens (including phenoxy) is 2. The highest BCUT2D eigenvalue weighted by molar-refractivity contribution is 5.85. The minimum Gasteiger partial charge on any atom is -0.390 e. The molecule has 0 radical (unpaired) electrons. The van der Waals surface area contributed by atoms with E-state index in [2.05, 4.69) is 5.32 Å². The van der Waals surface area contributed by atoms with E-state index in [0.717, 1.165) is 18.4 Å².